The van der Waals surface area contributed by atoms with Crippen LogP contribution < -0.4 is 11.1 Å². The molecule has 4 nitrogen and oxygen atoms in total. The summed E-state index contributed by atoms with van der Waals surface area (Å²) in [7, 11) is 0. The Balaban J connectivity index is 2.37. The van der Waals surface area contributed by atoms with E-state index in [1.54, 1.807) is 0 Å². The van der Waals surface area contributed by atoms with Gasteiger partial charge in [-0.05, 0) is 32.7 Å². The van der Waals surface area contributed by atoms with Crippen molar-refractivity contribution < 1.29 is 4.79 Å². The molecule has 0 saturated carbocycles. The SMILES string of the molecule is CCCC(C)NC(=O)CN1CCCC1C(N)=S. The number of hydrogen-bond donors (Lipinski definition) is 2. The van der Waals surface area contributed by atoms with Gasteiger partial charge in [-0.1, -0.05) is 25.6 Å². The van der Waals surface area contributed by atoms with Crippen LogP contribution in [0.15, 0.2) is 0 Å². The first-order valence-corrected chi connectivity index (χ1v) is 6.78. The summed E-state index contributed by atoms with van der Waals surface area (Å²) in [6, 6.07) is 0.357. The van der Waals surface area contributed by atoms with Gasteiger partial charge < -0.3 is 11.1 Å². The van der Waals surface area contributed by atoms with Gasteiger partial charge in [-0.15, -0.1) is 0 Å². The normalized spacial score (nSPS) is 22.4. The highest BCUT2D eigenvalue weighted by Gasteiger charge is 2.28. The molecule has 0 aromatic heterocycles. The molecule has 1 rings (SSSR count). The van der Waals surface area contributed by atoms with E-state index in [2.05, 4.69) is 17.1 Å². The molecule has 0 radical (unpaired) electrons. The van der Waals surface area contributed by atoms with E-state index < -0.39 is 0 Å². The van der Waals surface area contributed by atoms with Gasteiger partial charge in [0, 0.05) is 6.04 Å². The monoisotopic (exact) mass is 257 g/mol. The molecule has 0 bridgehead atoms. The van der Waals surface area contributed by atoms with E-state index in [4.69, 9.17) is 18.0 Å². The largest absolute Gasteiger partial charge is 0.392 e. The van der Waals surface area contributed by atoms with E-state index in [0.29, 0.717) is 11.5 Å². The number of amides is 1. The first-order valence-electron chi connectivity index (χ1n) is 6.37. The minimum absolute atomic E-state index is 0.0779. The van der Waals surface area contributed by atoms with E-state index in [-0.39, 0.29) is 18.0 Å². The lowest BCUT2D eigenvalue weighted by atomic mass is 10.2. The number of likely N-dealkylation sites (tertiary alicyclic amines) is 1. The molecule has 17 heavy (non-hydrogen) atoms. The summed E-state index contributed by atoms with van der Waals surface area (Å²) in [5, 5.41) is 3.00. The van der Waals surface area contributed by atoms with Crippen LogP contribution in [0.25, 0.3) is 0 Å². The van der Waals surface area contributed by atoms with Gasteiger partial charge in [0.05, 0.1) is 17.6 Å². The Morgan fingerprint density at radius 2 is 2.35 bits per heavy atom. The predicted octanol–water partition coefficient (Wildman–Crippen LogP) is 1.04. The second-order valence-electron chi connectivity index (χ2n) is 4.79. The number of nitrogens with zero attached hydrogens (tertiary/aromatic N) is 1. The number of carbonyl (C=O) groups excluding carboxylic acids is 1. The van der Waals surface area contributed by atoms with Crippen molar-refractivity contribution in [1.82, 2.24) is 10.2 Å². The molecular formula is C12H23N3OS. The molecule has 0 spiro atoms. The van der Waals surface area contributed by atoms with Gasteiger partial charge in [0.1, 0.15) is 0 Å². The van der Waals surface area contributed by atoms with Crippen molar-refractivity contribution in [3.8, 4) is 0 Å². The molecular weight excluding hydrogens is 234 g/mol. The Labute approximate surface area is 109 Å². The molecule has 98 valence electrons. The molecule has 1 aliphatic heterocycles. The van der Waals surface area contributed by atoms with Crippen LogP contribution in [0.3, 0.4) is 0 Å². The highest BCUT2D eigenvalue weighted by atomic mass is 32.1. The lowest BCUT2D eigenvalue weighted by molar-refractivity contribution is -0.122. The Kier molecular flexibility index (Phi) is 5.85. The van der Waals surface area contributed by atoms with Gasteiger partial charge in [0.15, 0.2) is 0 Å². The first kappa shape index (κ1) is 14.4. The maximum atomic E-state index is 11.8. The summed E-state index contributed by atoms with van der Waals surface area (Å²) < 4.78 is 0. The van der Waals surface area contributed by atoms with E-state index in [1.807, 2.05) is 6.92 Å². The first-order chi connectivity index (χ1) is 8.04. The van der Waals surface area contributed by atoms with Crippen molar-refractivity contribution in [2.75, 3.05) is 13.1 Å². The molecule has 1 fully saturated rings. The number of nitrogens with one attached hydrogen (secondary N) is 1. The molecule has 1 aliphatic rings. The zero-order valence-electron chi connectivity index (χ0n) is 10.7. The minimum Gasteiger partial charge on any atom is -0.392 e. The third-order valence-corrected chi connectivity index (χ3v) is 3.44. The topological polar surface area (TPSA) is 58.4 Å². The van der Waals surface area contributed by atoms with E-state index in [0.717, 1.165) is 32.2 Å². The number of carbonyl (C=O) groups is 1. The smallest absolute Gasteiger partial charge is 0.234 e. The fraction of sp³-hybridized carbons (Fsp3) is 0.833. The zero-order valence-corrected chi connectivity index (χ0v) is 11.6. The fourth-order valence-corrected chi connectivity index (χ4v) is 2.61. The van der Waals surface area contributed by atoms with Crippen molar-refractivity contribution >= 4 is 23.1 Å². The molecule has 0 aromatic carbocycles. The molecule has 2 atom stereocenters. The quantitative estimate of drug-likeness (QED) is 0.698. The predicted molar refractivity (Wildman–Crippen MR) is 73.9 cm³/mol. The van der Waals surface area contributed by atoms with Crippen LogP contribution in [-0.2, 0) is 4.79 Å². The van der Waals surface area contributed by atoms with Crippen LogP contribution in [0.1, 0.15) is 39.5 Å². The van der Waals surface area contributed by atoms with E-state index in [9.17, 15) is 4.79 Å². The zero-order chi connectivity index (χ0) is 12.8. The molecule has 3 N–H and O–H groups in total. The van der Waals surface area contributed by atoms with Gasteiger partial charge in [-0.25, -0.2) is 0 Å². The third-order valence-electron chi connectivity index (χ3n) is 3.17. The van der Waals surface area contributed by atoms with Crippen LogP contribution in [0.5, 0.6) is 0 Å². The van der Waals surface area contributed by atoms with Gasteiger partial charge in [-0.3, -0.25) is 9.69 Å². The van der Waals surface area contributed by atoms with Crippen LogP contribution in [0.2, 0.25) is 0 Å². The average Bonchev–Trinajstić information content (AvgIpc) is 2.65. The molecule has 1 heterocycles. The Morgan fingerprint density at radius 1 is 1.65 bits per heavy atom. The molecule has 0 aromatic rings. The number of thiocarbonyl (C=S) groups is 1. The summed E-state index contributed by atoms with van der Waals surface area (Å²) in [5.41, 5.74) is 5.67. The van der Waals surface area contributed by atoms with Gasteiger partial charge in [0.2, 0.25) is 5.91 Å². The van der Waals surface area contributed by atoms with E-state index in [1.165, 1.54) is 0 Å². The van der Waals surface area contributed by atoms with Crippen molar-refractivity contribution in [3.63, 3.8) is 0 Å². The van der Waals surface area contributed by atoms with E-state index >= 15 is 0 Å². The average molecular weight is 257 g/mol. The highest BCUT2D eigenvalue weighted by molar-refractivity contribution is 7.80. The summed E-state index contributed by atoms with van der Waals surface area (Å²) >= 11 is 5.02. The molecule has 5 heteroatoms. The lowest BCUT2D eigenvalue weighted by Crippen LogP contribution is -2.46. The summed E-state index contributed by atoms with van der Waals surface area (Å²) in [6.45, 7) is 5.48. The maximum Gasteiger partial charge on any atom is 0.234 e. The minimum atomic E-state index is 0.0779. The summed E-state index contributed by atoms with van der Waals surface area (Å²) in [6.07, 6.45) is 4.15. The molecule has 1 saturated heterocycles. The van der Waals surface area contributed by atoms with Crippen molar-refractivity contribution in [1.29, 1.82) is 0 Å². The van der Waals surface area contributed by atoms with Crippen LogP contribution >= 0.6 is 12.2 Å². The van der Waals surface area contributed by atoms with Crippen LogP contribution in [-0.4, -0.2) is 41.0 Å². The van der Waals surface area contributed by atoms with Gasteiger partial charge in [0.25, 0.3) is 0 Å². The third kappa shape index (κ3) is 4.60. The lowest BCUT2D eigenvalue weighted by Gasteiger charge is -2.23. The summed E-state index contributed by atoms with van der Waals surface area (Å²) in [5.74, 6) is 0.0779. The molecule has 0 aliphatic carbocycles. The number of nitrogens with two attached hydrogens (primary N) is 1. The van der Waals surface area contributed by atoms with Crippen LogP contribution in [0.4, 0.5) is 0 Å². The van der Waals surface area contributed by atoms with Crippen LogP contribution in [0, 0.1) is 0 Å². The summed E-state index contributed by atoms with van der Waals surface area (Å²) in [4.78, 5) is 14.4. The number of hydrogen-bond acceptors (Lipinski definition) is 3. The van der Waals surface area contributed by atoms with Crippen molar-refractivity contribution in [3.05, 3.63) is 0 Å². The maximum absolute atomic E-state index is 11.8. The van der Waals surface area contributed by atoms with Crippen molar-refractivity contribution in [2.45, 2.75) is 51.6 Å². The standard InChI is InChI=1S/C12H23N3OS/c1-3-5-9(2)14-11(16)8-15-7-4-6-10(15)12(13)17/h9-10H,3-8H2,1-2H3,(H2,13,17)(H,14,16). The highest BCUT2D eigenvalue weighted by Crippen LogP contribution is 2.16. The second-order valence-corrected chi connectivity index (χ2v) is 5.26. The Hall–Kier alpha value is -0.680. The van der Waals surface area contributed by atoms with Gasteiger partial charge >= 0.3 is 0 Å². The number of rotatable bonds is 6. The molecule has 2 unspecified atom stereocenters. The molecule has 1 amide bonds. The van der Waals surface area contributed by atoms with Crippen molar-refractivity contribution in [2.24, 2.45) is 5.73 Å². The fourth-order valence-electron chi connectivity index (χ4n) is 2.35. The van der Waals surface area contributed by atoms with Gasteiger partial charge in [-0.2, -0.15) is 0 Å². The Morgan fingerprint density at radius 3 is 2.94 bits per heavy atom. The second kappa shape index (κ2) is 6.91. The Bertz CT molecular complexity index is 283.